The van der Waals surface area contributed by atoms with Gasteiger partial charge in [-0.15, -0.1) is 0 Å². The Morgan fingerprint density at radius 1 is 0.269 bits per heavy atom. The highest BCUT2D eigenvalue weighted by Crippen LogP contribution is 2.63. The molecule has 1 aliphatic heterocycles. The van der Waals surface area contributed by atoms with E-state index in [1.54, 1.807) is 0 Å². The number of benzene rings is 12. The van der Waals surface area contributed by atoms with Gasteiger partial charge in [0.25, 0.3) is 0 Å². The van der Waals surface area contributed by atoms with Crippen LogP contribution in [0.1, 0.15) is 27.8 Å². The van der Waals surface area contributed by atoms with E-state index in [2.05, 4.69) is 296 Å². The number of rotatable bonds is 5. The Morgan fingerprint density at radius 3 is 0.903 bits per heavy atom. The highest BCUT2D eigenvalue weighted by Gasteiger charge is 2.54. The van der Waals surface area contributed by atoms with Crippen LogP contribution in [0.25, 0.3) is 149 Å². The van der Waals surface area contributed by atoms with Crippen LogP contribution in [0.4, 0.5) is 0 Å². The van der Waals surface area contributed by atoms with Gasteiger partial charge in [0.05, 0.1) is 107 Å². The molecule has 0 saturated carbocycles. The molecular weight excluding hydrogens is 1140 g/mol. The zero-order valence-corrected chi connectivity index (χ0v) is 49.7. The van der Waals surface area contributed by atoms with E-state index in [4.69, 9.17) is 14.7 Å². The summed E-state index contributed by atoms with van der Waals surface area (Å²) in [5, 5.41) is 22.0. The lowest BCUT2D eigenvalue weighted by Gasteiger charge is -2.39. The molecule has 430 valence electrons. The average Bonchev–Trinajstić information content (AvgIpc) is 1.58. The van der Waals surface area contributed by atoms with E-state index >= 15 is 0 Å². The Hall–Kier alpha value is -12.8. The molecule has 0 atom stereocenters. The van der Waals surface area contributed by atoms with Gasteiger partial charge in [-0.05, 0) is 133 Å². The molecule has 0 amide bonds. The molecule has 7 aromatic heterocycles. The SMILES string of the molecule is N#Cc1ccc2c(c1)c1cc(-n3c4ccccc4c4ccccc43)ccc1n2-c1ccc2c(c1)C1(c3cc(-n4c5ccccc5c5ccccc54)ccc3O2)c2cc(-n3c4ccccc4c4ccccc43)cnc2-c2ncc(-n3c4ccccc4c4ccccc43)cc21. The fourth-order valence-corrected chi connectivity index (χ4v) is 16.5. The van der Waals surface area contributed by atoms with Gasteiger partial charge >= 0.3 is 0 Å². The molecule has 0 unspecified atom stereocenters. The van der Waals surface area contributed by atoms with E-state index in [9.17, 15) is 5.26 Å². The second-order valence-corrected chi connectivity index (χ2v) is 24.8. The normalized spacial score (nSPS) is 13.1. The summed E-state index contributed by atoms with van der Waals surface area (Å²) >= 11 is 0. The number of aromatic nitrogens is 7. The molecule has 19 aromatic rings. The van der Waals surface area contributed by atoms with E-state index in [0.717, 1.165) is 140 Å². The Kier molecular flexibility index (Phi) is 9.93. The van der Waals surface area contributed by atoms with Crippen molar-refractivity contribution in [2.45, 2.75) is 5.41 Å². The van der Waals surface area contributed by atoms with Crippen molar-refractivity contribution >= 4 is 109 Å². The molecule has 0 saturated heterocycles. The highest BCUT2D eigenvalue weighted by molar-refractivity contribution is 6.14. The van der Waals surface area contributed by atoms with Crippen LogP contribution >= 0.6 is 0 Å². The van der Waals surface area contributed by atoms with E-state index in [-0.39, 0.29) is 0 Å². The molecule has 12 aromatic carbocycles. The third-order valence-electron chi connectivity index (χ3n) is 20.2. The number of pyridine rings is 2. The molecule has 0 fully saturated rings. The predicted octanol–water partition coefficient (Wildman–Crippen LogP) is 20.3. The lowest BCUT2D eigenvalue weighted by atomic mass is 9.66. The third kappa shape index (κ3) is 6.62. The molecule has 93 heavy (non-hydrogen) atoms. The first-order chi connectivity index (χ1) is 46.1. The quantitative estimate of drug-likeness (QED) is 0.172. The van der Waals surface area contributed by atoms with E-state index in [1.807, 2.05) is 24.5 Å². The van der Waals surface area contributed by atoms with Gasteiger partial charge in [0.2, 0.25) is 0 Å². The second kappa shape index (κ2) is 18.4. The Morgan fingerprint density at radius 2 is 0.548 bits per heavy atom. The molecular formula is C84H48N8O. The first kappa shape index (κ1) is 50.1. The number of hydrogen-bond donors (Lipinski definition) is 0. The number of nitrogens with zero attached hydrogens (tertiary/aromatic N) is 8. The molecule has 1 aliphatic carbocycles. The summed E-state index contributed by atoms with van der Waals surface area (Å²) < 4.78 is 19.4. The summed E-state index contributed by atoms with van der Waals surface area (Å²) in [5.41, 5.74) is 20.6. The van der Waals surface area contributed by atoms with Crippen LogP contribution in [-0.2, 0) is 5.41 Å². The summed E-state index contributed by atoms with van der Waals surface area (Å²) in [7, 11) is 0. The van der Waals surface area contributed by atoms with Crippen molar-refractivity contribution in [2.75, 3.05) is 0 Å². The molecule has 0 radical (unpaired) electrons. The summed E-state index contributed by atoms with van der Waals surface area (Å²) in [6, 6.07) is 103. The fourth-order valence-electron chi connectivity index (χ4n) is 16.5. The minimum Gasteiger partial charge on any atom is -0.457 e. The molecule has 9 heteroatoms. The van der Waals surface area contributed by atoms with E-state index < -0.39 is 5.41 Å². The van der Waals surface area contributed by atoms with Gasteiger partial charge in [0.1, 0.15) is 11.5 Å². The van der Waals surface area contributed by atoms with Crippen molar-refractivity contribution in [3.05, 3.63) is 319 Å². The summed E-state index contributed by atoms with van der Waals surface area (Å²) in [4.78, 5) is 11.4. The number of para-hydroxylation sites is 8. The van der Waals surface area contributed by atoms with Crippen molar-refractivity contribution in [1.29, 1.82) is 5.26 Å². The molecule has 9 nitrogen and oxygen atoms in total. The number of hydrogen-bond acceptors (Lipinski definition) is 4. The molecule has 0 N–H and O–H groups in total. The van der Waals surface area contributed by atoms with Crippen LogP contribution in [0.3, 0.4) is 0 Å². The fraction of sp³-hybridized carbons (Fsp3) is 0.0119. The van der Waals surface area contributed by atoms with Gasteiger partial charge in [-0.1, -0.05) is 146 Å². The Bertz CT molecular complexity index is 6200. The summed E-state index contributed by atoms with van der Waals surface area (Å²) in [6.45, 7) is 0. The number of ether oxygens (including phenoxy) is 1. The molecule has 1 spiro atoms. The van der Waals surface area contributed by atoms with Gasteiger partial charge < -0.3 is 27.6 Å². The Labute approximate surface area is 530 Å². The van der Waals surface area contributed by atoms with E-state index in [1.165, 1.54) is 43.1 Å². The van der Waals surface area contributed by atoms with Crippen LogP contribution in [0.15, 0.2) is 291 Å². The molecule has 8 heterocycles. The highest BCUT2D eigenvalue weighted by atomic mass is 16.5. The van der Waals surface area contributed by atoms with Gasteiger partial charge in [-0.2, -0.15) is 5.26 Å². The Balaban J connectivity index is 0.889. The monoisotopic (exact) mass is 1180 g/mol. The van der Waals surface area contributed by atoms with Crippen LogP contribution in [0, 0.1) is 11.3 Å². The maximum Gasteiger partial charge on any atom is 0.132 e. The van der Waals surface area contributed by atoms with Crippen molar-refractivity contribution in [1.82, 2.24) is 32.8 Å². The van der Waals surface area contributed by atoms with Crippen molar-refractivity contribution < 1.29 is 4.74 Å². The van der Waals surface area contributed by atoms with Crippen LogP contribution in [0.5, 0.6) is 11.5 Å². The standard InChI is InChI=1S/C84H48N8O/c85-47-50-33-37-78-64(41-50)65-42-51(88-70-25-9-1-17-56(70)57-18-2-10-26-71(57)88)34-38-79(65)90(78)53-36-40-81-67(44-53)84(66-43-52(35-39-80(66)93-81)89-72-27-11-3-19-58(72)59-20-4-12-28-73(59)89)68-45-54(91-74-29-13-5-21-60(74)61-22-6-14-30-75(61)91)48-86-82(68)83-69(84)46-55(49-87-83)92-76-31-15-7-23-62(76)63-24-8-16-32-77(63)92/h1-46,48-49H. The average molecular weight is 1190 g/mol. The predicted molar refractivity (Wildman–Crippen MR) is 376 cm³/mol. The van der Waals surface area contributed by atoms with Crippen LogP contribution in [0.2, 0.25) is 0 Å². The zero-order chi connectivity index (χ0) is 60.8. The van der Waals surface area contributed by atoms with E-state index in [0.29, 0.717) is 5.56 Å². The lowest BCUT2D eigenvalue weighted by Crippen LogP contribution is -2.33. The van der Waals surface area contributed by atoms with Crippen molar-refractivity contribution in [3.8, 4) is 57.4 Å². The van der Waals surface area contributed by atoms with Crippen molar-refractivity contribution in [2.24, 2.45) is 0 Å². The molecule has 0 bridgehead atoms. The third-order valence-corrected chi connectivity index (χ3v) is 20.2. The number of nitriles is 1. The van der Waals surface area contributed by atoms with Gasteiger partial charge in [0, 0.05) is 93.2 Å². The lowest BCUT2D eigenvalue weighted by molar-refractivity contribution is 0.436. The largest absolute Gasteiger partial charge is 0.457 e. The maximum absolute atomic E-state index is 10.6. The topological polar surface area (TPSA) is 83.4 Å². The van der Waals surface area contributed by atoms with Crippen LogP contribution in [-0.4, -0.2) is 32.8 Å². The molecule has 21 rings (SSSR count). The molecule has 2 aliphatic rings. The van der Waals surface area contributed by atoms with Crippen molar-refractivity contribution in [3.63, 3.8) is 0 Å². The minimum absolute atomic E-state index is 0.592. The van der Waals surface area contributed by atoms with Crippen LogP contribution < -0.4 is 4.74 Å². The zero-order valence-electron chi connectivity index (χ0n) is 49.7. The summed E-state index contributed by atoms with van der Waals surface area (Å²) in [5.74, 6) is 1.46. The number of fused-ring (bicyclic) bond motifs is 24. The summed E-state index contributed by atoms with van der Waals surface area (Å²) in [6.07, 6.45) is 4.08. The smallest absolute Gasteiger partial charge is 0.132 e. The first-order valence-electron chi connectivity index (χ1n) is 31.5. The van der Waals surface area contributed by atoms with Gasteiger partial charge in [0.15, 0.2) is 0 Å². The van der Waals surface area contributed by atoms with Gasteiger partial charge in [-0.25, -0.2) is 0 Å². The van der Waals surface area contributed by atoms with Gasteiger partial charge in [-0.3, -0.25) is 9.97 Å². The second-order valence-electron chi connectivity index (χ2n) is 24.8. The minimum atomic E-state index is -1.13. The first-order valence-corrected chi connectivity index (χ1v) is 31.5. The maximum atomic E-state index is 10.6.